The minimum atomic E-state index is -0.0248. The van der Waals surface area contributed by atoms with Gasteiger partial charge in [-0.1, -0.05) is 19.9 Å². The van der Waals surface area contributed by atoms with Crippen LogP contribution >= 0.6 is 0 Å². The van der Waals surface area contributed by atoms with Crippen molar-refractivity contribution in [2.75, 3.05) is 13.2 Å². The van der Waals surface area contributed by atoms with E-state index >= 15 is 0 Å². The molecule has 0 amide bonds. The van der Waals surface area contributed by atoms with Crippen molar-refractivity contribution in [2.24, 2.45) is 5.41 Å². The zero-order valence-corrected chi connectivity index (χ0v) is 6.59. The summed E-state index contributed by atoms with van der Waals surface area (Å²) in [7, 11) is 0. The second kappa shape index (κ2) is 4.23. The number of hydrogen-bond acceptors (Lipinski definition) is 2. The Labute approximate surface area is 61.9 Å². The molecule has 2 nitrogen and oxygen atoms in total. The van der Waals surface area contributed by atoms with Gasteiger partial charge in [-0.25, -0.2) is 0 Å². The lowest BCUT2D eigenvalue weighted by atomic mass is 9.96. The third-order valence-corrected chi connectivity index (χ3v) is 1.21. The van der Waals surface area contributed by atoms with E-state index in [1.807, 2.05) is 19.9 Å². The van der Waals surface area contributed by atoms with E-state index in [0.717, 1.165) is 6.29 Å². The Kier molecular flexibility index (Phi) is 3.96. The van der Waals surface area contributed by atoms with E-state index in [1.165, 1.54) is 0 Å². The summed E-state index contributed by atoms with van der Waals surface area (Å²) in [6.45, 7) is 8.38. The van der Waals surface area contributed by atoms with Gasteiger partial charge in [0.2, 0.25) is 0 Å². The molecule has 0 unspecified atom stereocenters. The van der Waals surface area contributed by atoms with Crippen LogP contribution in [0.15, 0.2) is 12.7 Å². The van der Waals surface area contributed by atoms with Crippen LogP contribution in [-0.2, 0) is 9.53 Å². The molecule has 0 rings (SSSR count). The van der Waals surface area contributed by atoms with Crippen molar-refractivity contribution in [3.63, 3.8) is 0 Å². The molecule has 0 saturated heterocycles. The van der Waals surface area contributed by atoms with Gasteiger partial charge in [-0.3, -0.25) is 0 Å². The monoisotopic (exact) mass is 142 g/mol. The Balaban J connectivity index is 3.46. The van der Waals surface area contributed by atoms with Gasteiger partial charge < -0.3 is 9.53 Å². The van der Waals surface area contributed by atoms with Crippen LogP contribution in [0.5, 0.6) is 0 Å². The number of rotatable bonds is 5. The van der Waals surface area contributed by atoms with Gasteiger partial charge in [0.05, 0.1) is 6.61 Å². The zero-order chi connectivity index (χ0) is 8.04. The molecule has 0 aliphatic carbocycles. The molecule has 0 aromatic heterocycles. The van der Waals surface area contributed by atoms with E-state index < -0.39 is 0 Å². The molecule has 0 saturated carbocycles. The Bertz CT molecular complexity index is 116. The second-order valence-corrected chi connectivity index (χ2v) is 2.87. The average molecular weight is 142 g/mol. The highest BCUT2D eigenvalue weighted by molar-refractivity contribution is 5.50. The Morgan fingerprint density at radius 1 is 1.60 bits per heavy atom. The van der Waals surface area contributed by atoms with Gasteiger partial charge >= 0.3 is 0 Å². The topological polar surface area (TPSA) is 26.3 Å². The van der Waals surface area contributed by atoms with Gasteiger partial charge in [-0.05, 0) is 0 Å². The second-order valence-electron chi connectivity index (χ2n) is 2.87. The smallest absolute Gasteiger partial charge is 0.145 e. The maximum atomic E-state index is 9.83. The highest BCUT2D eigenvalue weighted by Crippen LogP contribution is 2.15. The van der Waals surface area contributed by atoms with Gasteiger partial charge in [0.1, 0.15) is 12.9 Å². The molecular weight excluding hydrogens is 128 g/mol. The van der Waals surface area contributed by atoms with Gasteiger partial charge in [-0.15, -0.1) is 6.58 Å². The first-order chi connectivity index (χ1) is 4.62. The molecule has 0 aliphatic heterocycles. The van der Waals surface area contributed by atoms with Crippen LogP contribution in [0.25, 0.3) is 0 Å². The zero-order valence-electron chi connectivity index (χ0n) is 6.59. The molecule has 10 heavy (non-hydrogen) atoms. The van der Waals surface area contributed by atoms with Crippen molar-refractivity contribution in [2.45, 2.75) is 13.8 Å². The highest BCUT2D eigenvalue weighted by atomic mass is 16.5. The van der Waals surface area contributed by atoms with E-state index in [9.17, 15) is 4.79 Å². The van der Waals surface area contributed by atoms with Crippen LogP contribution in [0, 0.1) is 5.41 Å². The van der Waals surface area contributed by atoms with Crippen molar-refractivity contribution in [1.29, 1.82) is 0 Å². The normalized spacial score (nSPS) is 11.0. The summed E-state index contributed by atoms with van der Waals surface area (Å²) in [4.78, 5) is 9.83. The third-order valence-electron chi connectivity index (χ3n) is 1.21. The lowest BCUT2D eigenvalue weighted by Gasteiger charge is -2.18. The molecule has 0 atom stereocenters. The maximum absolute atomic E-state index is 9.83. The lowest BCUT2D eigenvalue weighted by Crippen LogP contribution is -2.16. The fourth-order valence-corrected chi connectivity index (χ4v) is 0.429. The number of carbonyl (C=O) groups is 1. The molecule has 0 radical (unpaired) electrons. The molecule has 0 aliphatic rings. The Morgan fingerprint density at radius 2 is 2.20 bits per heavy atom. The average Bonchev–Trinajstić information content (AvgIpc) is 1.89. The molecule has 0 N–H and O–H groups in total. The maximum Gasteiger partial charge on any atom is 0.145 e. The molecule has 0 aromatic carbocycles. The summed E-state index contributed by atoms with van der Waals surface area (Å²) < 4.78 is 5.00. The van der Waals surface area contributed by atoms with E-state index in [1.54, 1.807) is 0 Å². The molecule has 0 spiro atoms. The molecule has 2 heteroatoms. The molecular formula is C8H14O2. The minimum absolute atomic E-state index is 0.0248. The predicted octanol–water partition coefficient (Wildman–Crippen LogP) is 1.41. The SMILES string of the molecule is C=CC(C)(C)COCC=O. The van der Waals surface area contributed by atoms with Crippen molar-refractivity contribution >= 4 is 6.29 Å². The van der Waals surface area contributed by atoms with E-state index in [2.05, 4.69) is 6.58 Å². The minimum Gasteiger partial charge on any atom is -0.373 e. The number of aldehydes is 1. The number of ether oxygens (including phenoxy) is 1. The van der Waals surface area contributed by atoms with Crippen LogP contribution in [0.2, 0.25) is 0 Å². The van der Waals surface area contributed by atoms with Gasteiger partial charge in [0.25, 0.3) is 0 Å². The summed E-state index contributed by atoms with van der Waals surface area (Å²) in [5, 5.41) is 0. The first-order valence-electron chi connectivity index (χ1n) is 3.27. The third kappa shape index (κ3) is 4.27. The molecule has 0 bridgehead atoms. The number of hydrogen-bond donors (Lipinski definition) is 0. The van der Waals surface area contributed by atoms with Crippen LogP contribution < -0.4 is 0 Å². The Hall–Kier alpha value is -0.630. The van der Waals surface area contributed by atoms with Crippen LogP contribution in [0.1, 0.15) is 13.8 Å². The standard InChI is InChI=1S/C8H14O2/c1-4-8(2,3)7-10-6-5-9/h4-5H,1,6-7H2,2-3H3. The van der Waals surface area contributed by atoms with Crippen molar-refractivity contribution in [3.8, 4) is 0 Å². The summed E-state index contributed by atoms with van der Waals surface area (Å²) in [6, 6.07) is 0. The first kappa shape index (κ1) is 9.37. The van der Waals surface area contributed by atoms with Gasteiger partial charge in [-0.2, -0.15) is 0 Å². The quantitative estimate of drug-likeness (QED) is 0.329. The van der Waals surface area contributed by atoms with Gasteiger partial charge in [0.15, 0.2) is 0 Å². The fraction of sp³-hybridized carbons (Fsp3) is 0.625. The van der Waals surface area contributed by atoms with Crippen LogP contribution in [-0.4, -0.2) is 19.5 Å². The number of carbonyl (C=O) groups excluding carboxylic acids is 1. The summed E-state index contributed by atoms with van der Waals surface area (Å²) in [5.74, 6) is 0. The first-order valence-corrected chi connectivity index (χ1v) is 3.27. The van der Waals surface area contributed by atoms with Crippen molar-refractivity contribution < 1.29 is 9.53 Å². The molecule has 0 fully saturated rings. The summed E-state index contributed by atoms with van der Waals surface area (Å²) >= 11 is 0. The fourth-order valence-electron chi connectivity index (χ4n) is 0.429. The summed E-state index contributed by atoms with van der Waals surface area (Å²) in [6.07, 6.45) is 2.57. The highest BCUT2D eigenvalue weighted by Gasteiger charge is 2.11. The van der Waals surface area contributed by atoms with Crippen molar-refractivity contribution in [3.05, 3.63) is 12.7 Å². The lowest BCUT2D eigenvalue weighted by molar-refractivity contribution is -0.112. The van der Waals surface area contributed by atoms with Crippen LogP contribution in [0.4, 0.5) is 0 Å². The van der Waals surface area contributed by atoms with Crippen LogP contribution in [0.3, 0.4) is 0 Å². The predicted molar refractivity (Wildman–Crippen MR) is 40.9 cm³/mol. The van der Waals surface area contributed by atoms with E-state index in [-0.39, 0.29) is 12.0 Å². The largest absolute Gasteiger partial charge is 0.373 e. The van der Waals surface area contributed by atoms with Gasteiger partial charge in [0, 0.05) is 5.41 Å². The summed E-state index contributed by atoms with van der Waals surface area (Å²) in [5.41, 5.74) is -0.0248. The Morgan fingerprint density at radius 3 is 2.60 bits per heavy atom. The van der Waals surface area contributed by atoms with E-state index in [4.69, 9.17) is 4.74 Å². The molecule has 58 valence electrons. The van der Waals surface area contributed by atoms with Crippen molar-refractivity contribution in [1.82, 2.24) is 0 Å². The molecule has 0 aromatic rings. The molecule has 0 heterocycles. The van der Waals surface area contributed by atoms with E-state index in [0.29, 0.717) is 6.61 Å².